The average molecular weight is 386 g/mol. The Morgan fingerprint density at radius 2 is 1.79 bits per heavy atom. The van der Waals surface area contributed by atoms with Gasteiger partial charge in [-0.15, -0.1) is 0 Å². The highest BCUT2D eigenvalue weighted by molar-refractivity contribution is 5.87. The van der Waals surface area contributed by atoms with Crippen molar-refractivity contribution in [1.29, 1.82) is 0 Å². The van der Waals surface area contributed by atoms with Crippen LogP contribution >= 0.6 is 0 Å². The first-order valence-electron chi connectivity index (χ1n) is 9.50. The number of carbonyl (C=O) groups is 2. The number of halogens is 1. The molecule has 0 aromatic heterocycles. The minimum atomic E-state index is -0.638. The van der Waals surface area contributed by atoms with Gasteiger partial charge in [0.25, 0.3) is 5.91 Å². The van der Waals surface area contributed by atoms with Crippen LogP contribution in [0, 0.1) is 5.82 Å². The van der Waals surface area contributed by atoms with Crippen molar-refractivity contribution in [2.24, 2.45) is 0 Å². The smallest absolute Gasteiger partial charge is 0.261 e. The third-order valence-corrected chi connectivity index (χ3v) is 4.37. The number of carbonyl (C=O) groups excluding carboxylic acids is 2. The molecular weight excluding hydrogens is 359 g/mol. The van der Waals surface area contributed by atoms with Crippen LogP contribution < -0.4 is 10.1 Å². The largest absolute Gasteiger partial charge is 0.484 e. The first kappa shape index (κ1) is 21.4. The van der Waals surface area contributed by atoms with E-state index < -0.39 is 6.04 Å². The van der Waals surface area contributed by atoms with E-state index in [1.165, 1.54) is 29.2 Å². The number of amides is 2. The summed E-state index contributed by atoms with van der Waals surface area (Å²) in [6, 6.07) is 14.3. The molecule has 150 valence electrons. The van der Waals surface area contributed by atoms with Gasteiger partial charge in [0.1, 0.15) is 17.6 Å². The molecule has 5 nitrogen and oxygen atoms in total. The highest BCUT2D eigenvalue weighted by Crippen LogP contribution is 2.13. The Morgan fingerprint density at radius 3 is 2.43 bits per heavy atom. The molecule has 0 fully saturated rings. The van der Waals surface area contributed by atoms with Gasteiger partial charge in [-0.2, -0.15) is 0 Å². The fourth-order valence-electron chi connectivity index (χ4n) is 2.66. The first-order chi connectivity index (χ1) is 13.5. The summed E-state index contributed by atoms with van der Waals surface area (Å²) in [5, 5.41) is 2.87. The van der Waals surface area contributed by atoms with E-state index in [0.717, 1.165) is 18.4 Å². The molecule has 2 amide bonds. The lowest BCUT2D eigenvalue weighted by molar-refractivity contribution is -0.142. The summed E-state index contributed by atoms with van der Waals surface area (Å²) in [6.07, 6.45) is 1.87. The Hall–Kier alpha value is -2.89. The van der Waals surface area contributed by atoms with E-state index >= 15 is 0 Å². The third kappa shape index (κ3) is 6.68. The molecular formula is C22H27FN2O3. The minimum absolute atomic E-state index is 0.195. The summed E-state index contributed by atoms with van der Waals surface area (Å²) in [7, 11) is 0. The van der Waals surface area contributed by atoms with Gasteiger partial charge < -0.3 is 15.0 Å². The molecule has 28 heavy (non-hydrogen) atoms. The fourth-order valence-corrected chi connectivity index (χ4v) is 2.66. The number of nitrogens with zero attached hydrogens (tertiary/aromatic N) is 1. The third-order valence-electron chi connectivity index (χ3n) is 4.37. The molecule has 0 heterocycles. The van der Waals surface area contributed by atoms with Crippen molar-refractivity contribution in [2.75, 3.05) is 13.2 Å². The quantitative estimate of drug-likeness (QED) is 0.636. The maximum Gasteiger partial charge on any atom is 0.261 e. The van der Waals surface area contributed by atoms with Gasteiger partial charge in [0.2, 0.25) is 5.91 Å². The summed E-state index contributed by atoms with van der Waals surface area (Å²) < 4.78 is 18.5. The van der Waals surface area contributed by atoms with Crippen molar-refractivity contribution in [3.63, 3.8) is 0 Å². The standard InChI is InChI=1S/C22H27FN2O3/c1-3-4-14-24-22(27)17(2)25(15-18-8-6-5-7-9-18)21(26)16-28-20-12-10-19(23)11-13-20/h5-13,17H,3-4,14-16H2,1-2H3,(H,24,27)/t17-/m0/s1. The zero-order chi connectivity index (χ0) is 20.4. The van der Waals surface area contributed by atoms with Crippen LogP contribution in [0.25, 0.3) is 0 Å². The second-order valence-electron chi connectivity index (χ2n) is 6.57. The Balaban J connectivity index is 2.06. The highest BCUT2D eigenvalue weighted by atomic mass is 19.1. The molecule has 0 saturated heterocycles. The fraction of sp³-hybridized carbons (Fsp3) is 0.364. The van der Waals surface area contributed by atoms with Gasteiger partial charge in [0.05, 0.1) is 0 Å². The van der Waals surface area contributed by atoms with E-state index in [2.05, 4.69) is 5.32 Å². The number of hydrogen-bond donors (Lipinski definition) is 1. The van der Waals surface area contributed by atoms with Gasteiger partial charge in [0.15, 0.2) is 6.61 Å². The lowest BCUT2D eigenvalue weighted by atomic mass is 10.1. The van der Waals surface area contributed by atoms with E-state index in [9.17, 15) is 14.0 Å². The van der Waals surface area contributed by atoms with E-state index in [-0.39, 0.29) is 24.2 Å². The molecule has 0 bridgehead atoms. The zero-order valence-corrected chi connectivity index (χ0v) is 16.4. The molecule has 0 aliphatic carbocycles. The summed E-state index contributed by atoms with van der Waals surface area (Å²) in [5.41, 5.74) is 0.922. The predicted octanol–water partition coefficient (Wildman–Crippen LogP) is 3.54. The Bertz CT molecular complexity index is 750. The van der Waals surface area contributed by atoms with Gasteiger partial charge in [-0.25, -0.2) is 4.39 Å². The van der Waals surface area contributed by atoms with E-state index in [0.29, 0.717) is 18.8 Å². The van der Waals surface area contributed by atoms with Gasteiger partial charge in [-0.1, -0.05) is 43.7 Å². The van der Waals surface area contributed by atoms with Crippen LogP contribution in [0.3, 0.4) is 0 Å². The highest BCUT2D eigenvalue weighted by Gasteiger charge is 2.26. The molecule has 1 atom stereocenters. The van der Waals surface area contributed by atoms with Crippen LogP contribution in [0.2, 0.25) is 0 Å². The molecule has 1 N–H and O–H groups in total. The summed E-state index contributed by atoms with van der Waals surface area (Å²) in [6.45, 7) is 4.41. The molecule has 0 saturated carbocycles. The molecule has 0 unspecified atom stereocenters. The SMILES string of the molecule is CCCCNC(=O)[C@H](C)N(Cc1ccccc1)C(=O)COc1ccc(F)cc1. The number of nitrogens with one attached hydrogen (secondary N) is 1. The summed E-state index contributed by atoms with van der Waals surface area (Å²) in [5.74, 6) is -0.484. The second kappa shape index (κ2) is 11.1. The van der Waals surface area contributed by atoms with Gasteiger partial charge in [-0.05, 0) is 43.2 Å². The van der Waals surface area contributed by atoms with Crippen molar-refractivity contribution in [3.8, 4) is 5.75 Å². The van der Waals surface area contributed by atoms with Crippen LogP contribution in [-0.4, -0.2) is 35.9 Å². The molecule has 0 aliphatic heterocycles. The molecule has 0 spiro atoms. The van der Waals surface area contributed by atoms with Crippen molar-refractivity contribution in [3.05, 3.63) is 66.0 Å². The van der Waals surface area contributed by atoms with Gasteiger partial charge >= 0.3 is 0 Å². The van der Waals surface area contributed by atoms with E-state index in [4.69, 9.17) is 4.74 Å². The van der Waals surface area contributed by atoms with E-state index in [1.807, 2.05) is 37.3 Å². The second-order valence-corrected chi connectivity index (χ2v) is 6.57. The number of unbranched alkanes of at least 4 members (excludes halogenated alkanes) is 1. The minimum Gasteiger partial charge on any atom is -0.484 e. The summed E-state index contributed by atoms with van der Waals surface area (Å²) in [4.78, 5) is 26.8. The van der Waals surface area contributed by atoms with Crippen molar-refractivity contribution < 1.29 is 18.7 Å². The van der Waals surface area contributed by atoms with Crippen molar-refractivity contribution >= 4 is 11.8 Å². The van der Waals surface area contributed by atoms with Gasteiger partial charge in [-0.3, -0.25) is 9.59 Å². The van der Waals surface area contributed by atoms with Crippen LogP contribution in [0.4, 0.5) is 4.39 Å². The molecule has 6 heteroatoms. The van der Waals surface area contributed by atoms with Crippen LogP contribution in [-0.2, 0) is 16.1 Å². The Morgan fingerprint density at radius 1 is 1.11 bits per heavy atom. The number of ether oxygens (including phenoxy) is 1. The predicted molar refractivity (Wildman–Crippen MR) is 106 cm³/mol. The number of rotatable bonds is 10. The van der Waals surface area contributed by atoms with Gasteiger partial charge in [0, 0.05) is 13.1 Å². The maximum absolute atomic E-state index is 13.0. The van der Waals surface area contributed by atoms with Crippen LogP contribution in [0.5, 0.6) is 5.75 Å². The first-order valence-corrected chi connectivity index (χ1v) is 9.50. The summed E-state index contributed by atoms with van der Waals surface area (Å²) >= 11 is 0. The lowest BCUT2D eigenvalue weighted by Gasteiger charge is -2.28. The molecule has 2 rings (SSSR count). The lowest BCUT2D eigenvalue weighted by Crippen LogP contribution is -2.49. The normalized spacial score (nSPS) is 11.5. The zero-order valence-electron chi connectivity index (χ0n) is 16.4. The number of benzene rings is 2. The van der Waals surface area contributed by atoms with Crippen LogP contribution in [0.1, 0.15) is 32.3 Å². The molecule has 2 aromatic rings. The van der Waals surface area contributed by atoms with Crippen LogP contribution in [0.15, 0.2) is 54.6 Å². The number of hydrogen-bond acceptors (Lipinski definition) is 3. The molecule has 0 radical (unpaired) electrons. The molecule has 0 aliphatic rings. The maximum atomic E-state index is 13.0. The Labute approximate surface area is 165 Å². The topological polar surface area (TPSA) is 58.6 Å². The average Bonchev–Trinajstić information content (AvgIpc) is 2.71. The molecule has 2 aromatic carbocycles. The monoisotopic (exact) mass is 386 g/mol. The van der Waals surface area contributed by atoms with Crippen molar-refractivity contribution in [2.45, 2.75) is 39.3 Å². The van der Waals surface area contributed by atoms with E-state index in [1.54, 1.807) is 6.92 Å². The van der Waals surface area contributed by atoms with Crippen molar-refractivity contribution in [1.82, 2.24) is 10.2 Å². The Kier molecular flexibility index (Phi) is 8.46.